The van der Waals surface area contributed by atoms with Gasteiger partial charge in [0.25, 0.3) is 11.5 Å². The Hall–Kier alpha value is -3.98. The van der Waals surface area contributed by atoms with Crippen molar-refractivity contribution < 1.29 is 4.98 Å². The van der Waals surface area contributed by atoms with Crippen LogP contribution in [0.3, 0.4) is 0 Å². The van der Waals surface area contributed by atoms with E-state index in [-0.39, 0.29) is 18.1 Å². The molecule has 3 aromatic heterocycles. The van der Waals surface area contributed by atoms with Crippen LogP contribution in [-0.2, 0) is 6.54 Å². The number of hydrogen-bond acceptors (Lipinski definition) is 6. The molecule has 0 amide bonds. The number of nitrogens with two attached hydrogens (primary N) is 1. The molecule has 0 fully saturated rings. The van der Waals surface area contributed by atoms with Crippen molar-refractivity contribution in [3.8, 4) is 5.69 Å². The highest BCUT2D eigenvalue weighted by Crippen LogP contribution is 2.21. The van der Waals surface area contributed by atoms with Crippen LogP contribution in [0.5, 0.6) is 0 Å². The third-order valence-electron chi connectivity index (χ3n) is 4.70. The van der Waals surface area contributed by atoms with Gasteiger partial charge in [-0.2, -0.15) is 4.98 Å². The lowest BCUT2D eigenvalue weighted by molar-refractivity contribution is -0.347. The van der Waals surface area contributed by atoms with Gasteiger partial charge in [-0.1, -0.05) is 40.9 Å². The van der Waals surface area contributed by atoms with Crippen LogP contribution in [0.1, 0.15) is 5.82 Å². The summed E-state index contributed by atoms with van der Waals surface area (Å²) in [4.78, 5) is 32.5. The molecule has 5 aromatic rings. The van der Waals surface area contributed by atoms with Crippen LogP contribution in [-0.4, -0.2) is 24.5 Å². The van der Waals surface area contributed by atoms with Crippen LogP contribution in [0.15, 0.2) is 59.7 Å². The number of imidazole rings is 1. The van der Waals surface area contributed by atoms with E-state index in [1.165, 1.54) is 0 Å². The molecule has 0 aliphatic carbocycles. The van der Waals surface area contributed by atoms with Crippen LogP contribution in [0.2, 0.25) is 5.02 Å². The molecule has 5 rings (SSSR count). The lowest BCUT2D eigenvalue weighted by Crippen LogP contribution is -2.25. The Balaban J connectivity index is 1.66. The summed E-state index contributed by atoms with van der Waals surface area (Å²) in [5.41, 5.74) is 8.02. The normalized spacial score (nSPS) is 11.2. The molecule has 5 N–H and O–H groups in total. The maximum absolute atomic E-state index is 13.4. The number of rotatable bonds is 4. The Morgan fingerprint density at radius 2 is 1.93 bits per heavy atom. The Morgan fingerprint density at radius 1 is 1.10 bits per heavy atom. The predicted molar refractivity (Wildman–Crippen MR) is 115 cm³/mol. The first-order valence-electron chi connectivity index (χ1n) is 9.13. The first kappa shape index (κ1) is 18.1. The van der Waals surface area contributed by atoms with Gasteiger partial charge in [0.15, 0.2) is 12.1 Å². The van der Waals surface area contributed by atoms with Crippen molar-refractivity contribution in [1.82, 2.24) is 24.5 Å². The van der Waals surface area contributed by atoms with E-state index in [4.69, 9.17) is 22.3 Å². The lowest BCUT2D eigenvalue weighted by atomic mass is 10.2. The average Bonchev–Trinajstić information content (AvgIpc) is 3.21. The summed E-state index contributed by atoms with van der Waals surface area (Å²) >= 11 is 6.31. The van der Waals surface area contributed by atoms with E-state index in [2.05, 4.69) is 25.3 Å². The second kappa shape index (κ2) is 7.12. The van der Waals surface area contributed by atoms with Crippen LogP contribution < -0.4 is 21.6 Å². The molecule has 2 aromatic carbocycles. The lowest BCUT2D eigenvalue weighted by Gasteiger charge is -2.15. The topological polar surface area (TPSA) is 129 Å². The van der Waals surface area contributed by atoms with Crippen molar-refractivity contribution >= 4 is 45.4 Å². The van der Waals surface area contributed by atoms with Gasteiger partial charge in [-0.25, -0.2) is 9.97 Å². The van der Waals surface area contributed by atoms with E-state index < -0.39 is 0 Å². The fourth-order valence-electron chi connectivity index (χ4n) is 3.38. The van der Waals surface area contributed by atoms with Crippen molar-refractivity contribution in [2.24, 2.45) is 0 Å². The molecule has 148 valence electrons. The molecule has 0 spiro atoms. The van der Waals surface area contributed by atoms with Gasteiger partial charge in [0.1, 0.15) is 5.82 Å². The summed E-state index contributed by atoms with van der Waals surface area (Å²) in [6.45, 7) is 0.219. The number of nitrogen functional groups attached to an aromatic ring is 1. The molecule has 0 unspecified atom stereocenters. The smallest absolute Gasteiger partial charge is 0.307 e. The number of nitrogens with one attached hydrogen (secondary N) is 3. The second-order valence-electron chi connectivity index (χ2n) is 6.58. The number of aromatic nitrogens is 6. The molecular weight excluding hydrogens is 404 g/mol. The van der Waals surface area contributed by atoms with Gasteiger partial charge in [0.05, 0.1) is 28.2 Å². The summed E-state index contributed by atoms with van der Waals surface area (Å²) in [6, 6.07) is 14.5. The highest BCUT2D eigenvalue weighted by atomic mass is 35.5. The molecule has 0 saturated carbocycles. The first-order valence-corrected chi connectivity index (χ1v) is 9.51. The molecule has 10 heteroatoms. The van der Waals surface area contributed by atoms with Gasteiger partial charge in [-0.15, -0.1) is 0 Å². The van der Waals surface area contributed by atoms with Gasteiger partial charge in [-0.3, -0.25) is 14.3 Å². The van der Waals surface area contributed by atoms with Crippen molar-refractivity contribution in [3.63, 3.8) is 0 Å². The first-order chi connectivity index (χ1) is 14.6. The number of halogens is 1. The zero-order chi connectivity index (χ0) is 20.7. The number of benzene rings is 2. The largest absolute Gasteiger partial charge is 0.360 e. The van der Waals surface area contributed by atoms with Gasteiger partial charge in [0, 0.05) is 0 Å². The Labute approximate surface area is 174 Å². The highest BCUT2D eigenvalue weighted by molar-refractivity contribution is 6.35. The number of anilines is 2. The number of aromatic amines is 2. The van der Waals surface area contributed by atoms with Crippen molar-refractivity contribution in [2.45, 2.75) is 6.54 Å². The SMILES string of the molecule is Nc1nc(NCc2nc3cccc(Cl)c3c(=O)n2-c2ccccc2)c2[nH]c[nH+]c2n1. The molecule has 0 aliphatic heterocycles. The van der Waals surface area contributed by atoms with E-state index in [1.54, 1.807) is 29.1 Å². The highest BCUT2D eigenvalue weighted by Gasteiger charge is 2.18. The van der Waals surface area contributed by atoms with E-state index in [0.29, 0.717) is 44.4 Å². The van der Waals surface area contributed by atoms with E-state index in [1.807, 2.05) is 30.3 Å². The summed E-state index contributed by atoms with van der Waals surface area (Å²) < 4.78 is 1.55. The molecule has 0 saturated heterocycles. The molecule has 0 radical (unpaired) electrons. The average molecular weight is 420 g/mol. The standard InChI is InChI=1S/C20H15ClN8O/c21-12-7-4-8-13-15(12)19(30)29(11-5-2-1-3-6-11)14(26-13)9-23-17-16-18(25-10-24-16)28-20(22)27-17/h1-8,10H,9H2,(H4,22,23,24,25,27,28)/p+1. The molecular formula is C20H16ClN8O+. The molecule has 3 heterocycles. The fraction of sp³-hybridized carbons (Fsp3) is 0.0500. The number of para-hydroxylation sites is 1. The molecule has 0 aliphatic rings. The summed E-state index contributed by atoms with van der Waals surface area (Å²) in [5, 5.41) is 3.95. The quantitative estimate of drug-likeness (QED) is 0.410. The number of fused-ring (bicyclic) bond motifs is 2. The molecule has 0 atom stereocenters. The molecule has 30 heavy (non-hydrogen) atoms. The molecule has 9 nitrogen and oxygen atoms in total. The summed E-state index contributed by atoms with van der Waals surface area (Å²) in [7, 11) is 0. The number of H-pyrrole nitrogens is 2. The summed E-state index contributed by atoms with van der Waals surface area (Å²) in [5.74, 6) is 1.13. The Kier molecular flexibility index (Phi) is 4.29. The number of hydrogen-bond donors (Lipinski definition) is 3. The monoisotopic (exact) mass is 419 g/mol. The third-order valence-corrected chi connectivity index (χ3v) is 5.01. The zero-order valence-corrected chi connectivity index (χ0v) is 16.3. The van der Waals surface area contributed by atoms with Crippen LogP contribution >= 0.6 is 11.6 Å². The summed E-state index contributed by atoms with van der Waals surface area (Å²) in [6.07, 6.45) is 1.64. The van der Waals surface area contributed by atoms with Gasteiger partial charge >= 0.3 is 5.65 Å². The molecule has 0 bridgehead atoms. The predicted octanol–water partition coefficient (Wildman–Crippen LogP) is 2.32. The van der Waals surface area contributed by atoms with E-state index in [0.717, 1.165) is 0 Å². The van der Waals surface area contributed by atoms with Crippen molar-refractivity contribution in [2.75, 3.05) is 11.1 Å². The number of nitrogens with zero attached hydrogens (tertiary/aromatic N) is 4. The van der Waals surface area contributed by atoms with E-state index >= 15 is 0 Å². The maximum Gasteiger partial charge on any atom is 0.307 e. The maximum atomic E-state index is 13.4. The third kappa shape index (κ3) is 3.01. The van der Waals surface area contributed by atoms with Crippen LogP contribution in [0.4, 0.5) is 11.8 Å². The van der Waals surface area contributed by atoms with Gasteiger partial charge in [-0.05, 0) is 24.3 Å². The van der Waals surface area contributed by atoms with Crippen molar-refractivity contribution in [1.29, 1.82) is 0 Å². The minimum atomic E-state index is -0.242. The Morgan fingerprint density at radius 3 is 2.77 bits per heavy atom. The second-order valence-corrected chi connectivity index (χ2v) is 6.99. The van der Waals surface area contributed by atoms with Crippen LogP contribution in [0.25, 0.3) is 27.8 Å². The minimum Gasteiger partial charge on any atom is -0.360 e. The van der Waals surface area contributed by atoms with Gasteiger partial charge in [0.2, 0.25) is 5.52 Å². The zero-order valence-electron chi connectivity index (χ0n) is 15.6. The minimum absolute atomic E-state index is 0.125. The van der Waals surface area contributed by atoms with Gasteiger partial charge < -0.3 is 11.1 Å². The van der Waals surface area contributed by atoms with Crippen LogP contribution in [0, 0.1) is 0 Å². The Bertz CT molecular complexity index is 1440. The van der Waals surface area contributed by atoms with Crippen molar-refractivity contribution in [3.05, 3.63) is 76.1 Å². The van der Waals surface area contributed by atoms with E-state index in [9.17, 15) is 4.79 Å². The fourth-order valence-corrected chi connectivity index (χ4v) is 3.63.